The number of allylic oxidation sites excluding steroid dienone is 3. The molecule has 0 heterocycles. The van der Waals surface area contributed by atoms with Gasteiger partial charge < -0.3 is 4.74 Å². The van der Waals surface area contributed by atoms with Crippen molar-refractivity contribution in [2.24, 2.45) is 5.92 Å². The molecule has 0 fully saturated rings. The van der Waals surface area contributed by atoms with Crippen LogP contribution in [-0.4, -0.2) is 5.97 Å². The van der Waals surface area contributed by atoms with E-state index in [4.69, 9.17) is 4.74 Å². The van der Waals surface area contributed by atoms with Crippen LogP contribution in [0.2, 0.25) is 0 Å². The van der Waals surface area contributed by atoms with Gasteiger partial charge in [0.05, 0.1) is 0 Å². The van der Waals surface area contributed by atoms with E-state index in [0.717, 1.165) is 25.0 Å². The summed E-state index contributed by atoms with van der Waals surface area (Å²) in [5.74, 6) is 1.17. The van der Waals surface area contributed by atoms with Crippen molar-refractivity contribution in [2.45, 2.75) is 33.1 Å². The zero-order valence-corrected chi connectivity index (χ0v) is 8.30. The molecule has 0 aromatic rings. The molecule has 0 aliphatic heterocycles. The van der Waals surface area contributed by atoms with Crippen molar-refractivity contribution in [2.75, 3.05) is 0 Å². The van der Waals surface area contributed by atoms with Gasteiger partial charge in [0, 0.05) is 13.3 Å². The summed E-state index contributed by atoms with van der Waals surface area (Å²) in [5, 5.41) is 0. The van der Waals surface area contributed by atoms with E-state index >= 15 is 0 Å². The van der Waals surface area contributed by atoms with Gasteiger partial charge in [-0.15, -0.1) is 0 Å². The first-order valence-electron chi connectivity index (χ1n) is 4.62. The van der Waals surface area contributed by atoms with Crippen LogP contribution in [0, 0.1) is 5.92 Å². The molecular formula is C11H16O2. The van der Waals surface area contributed by atoms with Crippen LogP contribution < -0.4 is 0 Å². The molecule has 0 aromatic heterocycles. The highest BCUT2D eigenvalue weighted by Gasteiger charge is 2.16. The van der Waals surface area contributed by atoms with E-state index in [1.54, 1.807) is 0 Å². The molecule has 0 radical (unpaired) electrons. The lowest BCUT2D eigenvalue weighted by atomic mass is 9.88. The first kappa shape index (κ1) is 10.0. The molecule has 1 aliphatic rings. The summed E-state index contributed by atoms with van der Waals surface area (Å²) >= 11 is 0. The molecule has 0 unspecified atom stereocenters. The molecule has 2 heteroatoms. The lowest BCUT2D eigenvalue weighted by Crippen LogP contribution is -2.09. The fraction of sp³-hybridized carbons (Fsp3) is 0.545. The number of hydrogen-bond acceptors (Lipinski definition) is 2. The van der Waals surface area contributed by atoms with Crippen LogP contribution in [0.4, 0.5) is 0 Å². The van der Waals surface area contributed by atoms with Gasteiger partial charge in [0.15, 0.2) is 0 Å². The normalized spacial score (nSPS) is 22.0. The van der Waals surface area contributed by atoms with Crippen LogP contribution in [0.15, 0.2) is 24.0 Å². The van der Waals surface area contributed by atoms with Crippen molar-refractivity contribution in [1.29, 1.82) is 0 Å². The summed E-state index contributed by atoms with van der Waals surface area (Å²) in [4.78, 5) is 10.6. The van der Waals surface area contributed by atoms with Crippen LogP contribution in [-0.2, 0) is 9.53 Å². The van der Waals surface area contributed by atoms with Gasteiger partial charge in [0.2, 0.25) is 0 Å². The second-order valence-corrected chi connectivity index (χ2v) is 3.58. The number of carbonyl (C=O) groups excluding carboxylic acids is 1. The van der Waals surface area contributed by atoms with Crippen molar-refractivity contribution < 1.29 is 9.53 Å². The second-order valence-electron chi connectivity index (χ2n) is 3.58. The van der Waals surface area contributed by atoms with Gasteiger partial charge in [-0.3, -0.25) is 4.79 Å². The third-order valence-electron chi connectivity index (χ3n) is 2.34. The van der Waals surface area contributed by atoms with Gasteiger partial charge in [-0.05, 0) is 31.8 Å². The molecule has 0 amide bonds. The fourth-order valence-electron chi connectivity index (χ4n) is 1.54. The minimum atomic E-state index is -0.222. The van der Waals surface area contributed by atoms with Gasteiger partial charge in [0.25, 0.3) is 0 Å². The maximum atomic E-state index is 10.6. The highest BCUT2D eigenvalue weighted by molar-refractivity contribution is 5.67. The fourth-order valence-corrected chi connectivity index (χ4v) is 1.54. The summed E-state index contributed by atoms with van der Waals surface area (Å²) in [6.45, 7) is 7.41. The molecule has 1 aliphatic carbocycles. The van der Waals surface area contributed by atoms with Gasteiger partial charge in [-0.1, -0.05) is 12.2 Å². The smallest absolute Gasteiger partial charge is 0.307 e. The van der Waals surface area contributed by atoms with E-state index in [0.29, 0.717) is 5.92 Å². The Bertz CT molecular complexity index is 251. The third kappa shape index (κ3) is 3.05. The van der Waals surface area contributed by atoms with Gasteiger partial charge >= 0.3 is 5.97 Å². The van der Waals surface area contributed by atoms with Crippen molar-refractivity contribution >= 4 is 5.97 Å². The lowest BCUT2D eigenvalue weighted by molar-refractivity contribution is -0.137. The molecule has 0 saturated heterocycles. The van der Waals surface area contributed by atoms with Gasteiger partial charge in [-0.25, -0.2) is 0 Å². The molecule has 72 valence electrons. The SMILES string of the molecule is C=C(C)[C@H]1CC=C(OC(C)=O)CC1. The Hall–Kier alpha value is -1.05. The standard InChI is InChI=1S/C11H16O2/c1-8(2)10-4-6-11(7-5-10)13-9(3)12/h6,10H,1,4-5,7H2,2-3H3/t10-/m0/s1. The number of ether oxygens (including phenoxy) is 1. The molecule has 1 rings (SSSR count). The molecular weight excluding hydrogens is 164 g/mol. The summed E-state index contributed by atoms with van der Waals surface area (Å²) in [5.41, 5.74) is 1.22. The Morgan fingerprint density at radius 3 is 2.69 bits per heavy atom. The van der Waals surface area contributed by atoms with Crippen molar-refractivity contribution in [3.8, 4) is 0 Å². The molecule has 1 atom stereocenters. The van der Waals surface area contributed by atoms with E-state index in [9.17, 15) is 4.79 Å². The molecule has 2 nitrogen and oxygen atoms in total. The number of rotatable bonds is 2. The largest absolute Gasteiger partial charge is 0.432 e. The first-order valence-corrected chi connectivity index (χ1v) is 4.62. The molecule has 13 heavy (non-hydrogen) atoms. The quantitative estimate of drug-likeness (QED) is 0.482. The average Bonchev–Trinajstić information content (AvgIpc) is 2.04. The highest BCUT2D eigenvalue weighted by atomic mass is 16.5. The maximum Gasteiger partial charge on any atom is 0.307 e. The van der Waals surface area contributed by atoms with Gasteiger partial charge in [-0.2, -0.15) is 0 Å². The predicted molar refractivity (Wildman–Crippen MR) is 52.0 cm³/mol. The molecule has 0 N–H and O–H groups in total. The summed E-state index contributed by atoms with van der Waals surface area (Å²) in [6, 6.07) is 0. The molecule has 0 saturated carbocycles. The Kier molecular flexibility index (Phi) is 3.29. The summed E-state index contributed by atoms with van der Waals surface area (Å²) in [6.07, 6.45) is 4.87. The monoisotopic (exact) mass is 180 g/mol. The zero-order chi connectivity index (χ0) is 9.84. The number of carbonyl (C=O) groups is 1. The molecule has 0 bridgehead atoms. The summed E-state index contributed by atoms with van der Waals surface area (Å²) < 4.78 is 5.01. The second kappa shape index (κ2) is 4.26. The van der Waals surface area contributed by atoms with E-state index in [1.807, 2.05) is 6.08 Å². The minimum Gasteiger partial charge on any atom is -0.432 e. The Labute approximate surface area is 79.3 Å². The number of hydrogen-bond donors (Lipinski definition) is 0. The molecule has 0 spiro atoms. The maximum absolute atomic E-state index is 10.6. The first-order chi connectivity index (χ1) is 6.09. The van der Waals surface area contributed by atoms with Crippen LogP contribution in [0.3, 0.4) is 0 Å². The van der Waals surface area contributed by atoms with E-state index in [-0.39, 0.29) is 5.97 Å². The van der Waals surface area contributed by atoms with Crippen LogP contribution in [0.1, 0.15) is 33.1 Å². The summed E-state index contributed by atoms with van der Waals surface area (Å²) in [7, 11) is 0. The predicted octanol–water partition coefficient (Wildman–Crippen LogP) is 2.81. The minimum absolute atomic E-state index is 0.222. The zero-order valence-electron chi connectivity index (χ0n) is 8.30. The number of esters is 1. The van der Waals surface area contributed by atoms with Crippen LogP contribution in [0.25, 0.3) is 0 Å². The van der Waals surface area contributed by atoms with Crippen LogP contribution in [0.5, 0.6) is 0 Å². The van der Waals surface area contributed by atoms with Crippen molar-refractivity contribution in [3.63, 3.8) is 0 Å². The average molecular weight is 180 g/mol. The van der Waals surface area contributed by atoms with Gasteiger partial charge in [0.1, 0.15) is 5.76 Å². The molecule has 0 aromatic carbocycles. The third-order valence-corrected chi connectivity index (χ3v) is 2.34. The Balaban J connectivity index is 2.47. The van der Waals surface area contributed by atoms with E-state index < -0.39 is 0 Å². The highest BCUT2D eigenvalue weighted by Crippen LogP contribution is 2.28. The Morgan fingerprint density at radius 2 is 2.31 bits per heavy atom. The van der Waals surface area contributed by atoms with Crippen molar-refractivity contribution in [1.82, 2.24) is 0 Å². The van der Waals surface area contributed by atoms with Crippen LogP contribution >= 0.6 is 0 Å². The Morgan fingerprint density at radius 1 is 1.62 bits per heavy atom. The van der Waals surface area contributed by atoms with E-state index in [2.05, 4.69) is 13.5 Å². The van der Waals surface area contributed by atoms with Crippen molar-refractivity contribution in [3.05, 3.63) is 24.0 Å². The topological polar surface area (TPSA) is 26.3 Å². The van der Waals surface area contributed by atoms with E-state index in [1.165, 1.54) is 12.5 Å². The lowest BCUT2D eigenvalue weighted by Gasteiger charge is -2.21.